The van der Waals surface area contributed by atoms with Crippen LogP contribution in [0.25, 0.3) is 5.76 Å². The van der Waals surface area contributed by atoms with Gasteiger partial charge in [-0.1, -0.05) is 24.3 Å². The van der Waals surface area contributed by atoms with Crippen LogP contribution in [-0.4, -0.2) is 44.7 Å². The molecule has 0 saturated carbocycles. The summed E-state index contributed by atoms with van der Waals surface area (Å²) in [6.07, 6.45) is 3.20. The van der Waals surface area contributed by atoms with Crippen molar-refractivity contribution in [2.24, 2.45) is 0 Å². The number of aliphatic hydroxyl groups is 1. The molecular weight excluding hydrogens is 460 g/mol. The van der Waals surface area contributed by atoms with E-state index < -0.39 is 28.4 Å². The summed E-state index contributed by atoms with van der Waals surface area (Å²) in [5.74, 6) is -2.05. The number of rotatable bonds is 8. The molecule has 9 nitrogen and oxygen atoms in total. The molecule has 1 amide bonds. The van der Waals surface area contributed by atoms with Crippen molar-refractivity contribution in [2.75, 3.05) is 18.0 Å². The van der Waals surface area contributed by atoms with Crippen LogP contribution in [0.2, 0.25) is 0 Å². The molecule has 1 unspecified atom stereocenters. The van der Waals surface area contributed by atoms with Crippen LogP contribution in [0.15, 0.2) is 78.6 Å². The zero-order valence-corrected chi connectivity index (χ0v) is 20.0. The summed E-state index contributed by atoms with van der Waals surface area (Å²) >= 11 is 0. The Hall–Kier alpha value is -4.53. The summed E-state index contributed by atoms with van der Waals surface area (Å²) in [6, 6.07) is 15.5. The average Bonchev–Trinajstić information content (AvgIpc) is 3.15. The fraction of sp³-hybridized carbons (Fsp3) is 0.222. The first-order valence-electron chi connectivity index (χ1n) is 11.6. The molecule has 1 atom stereocenters. The van der Waals surface area contributed by atoms with Crippen LogP contribution < -0.4 is 4.90 Å². The highest BCUT2D eigenvalue weighted by Crippen LogP contribution is 2.41. The molecule has 4 rings (SSSR count). The number of aromatic nitrogens is 1. The summed E-state index contributed by atoms with van der Waals surface area (Å²) < 4.78 is 0. The van der Waals surface area contributed by atoms with E-state index in [0.717, 1.165) is 24.3 Å². The average molecular weight is 487 g/mol. The van der Waals surface area contributed by atoms with Gasteiger partial charge in [0, 0.05) is 55.4 Å². The highest BCUT2D eigenvalue weighted by atomic mass is 16.6. The van der Waals surface area contributed by atoms with Crippen LogP contribution >= 0.6 is 0 Å². The van der Waals surface area contributed by atoms with Gasteiger partial charge in [-0.05, 0) is 49.2 Å². The van der Waals surface area contributed by atoms with Crippen LogP contribution in [0, 0.1) is 10.1 Å². The third kappa shape index (κ3) is 4.68. The highest BCUT2D eigenvalue weighted by Gasteiger charge is 2.46. The molecule has 0 bridgehead atoms. The van der Waals surface area contributed by atoms with Gasteiger partial charge < -0.3 is 14.9 Å². The number of nitro benzene ring substituents is 1. The number of nitrogens with zero attached hydrogens (tertiary/aromatic N) is 4. The monoisotopic (exact) mass is 486 g/mol. The molecule has 36 heavy (non-hydrogen) atoms. The molecule has 0 aliphatic carbocycles. The van der Waals surface area contributed by atoms with Crippen molar-refractivity contribution >= 4 is 28.8 Å². The van der Waals surface area contributed by atoms with Crippen molar-refractivity contribution in [2.45, 2.75) is 26.4 Å². The van der Waals surface area contributed by atoms with Crippen LogP contribution in [-0.2, 0) is 16.1 Å². The molecule has 0 spiro atoms. The van der Waals surface area contributed by atoms with Gasteiger partial charge in [0.2, 0.25) is 0 Å². The number of hydrogen-bond donors (Lipinski definition) is 1. The highest BCUT2D eigenvalue weighted by molar-refractivity contribution is 6.46. The van der Waals surface area contributed by atoms with Gasteiger partial charge in [-0.2, -0.15) is 0 Å². The van der Waals surface area contributed by atoms with Crippen molar-refractivity contribution in [1.29, 1.82) is 0 Å². The number of amides is 1. The predicted molar refractivity (Wildman–Crippen MR) is 135 cm³/mol. The van der Waals surface area contributed by atoms with Gasteiger partial charge in [-0.3, -0.25) is 24.7 Å². The zero-order chi connectivity index (χ0) is 25.8. The lowest BCUT2D eigenvalue weighted by Gasteiger charge is -2.26. The van der Waals surface area contributed by atoms with Gasteiger partial charge in [0.1, 0.15) is 5.76 Å². The van der Waals surface area contributed by atoms with E-state index in [0.29, 0.717) is 5.56 Å². The van der Waals surface area contributed by atoms with Crippen LogP contribution in [0.5, 0.6) is 0 Å². The summed E-state index contributed by atoms with van der Waals surface area (Å²) in [5, 5.41) is 22.4. The Morgan fingerprint density at radius 2 is 1.72 bits per heavy atom. The number of carbonyl (C=O) groups is 2. The molecule has 0 radical (unpaired) electrons. The minimum atomic E-state index is -0.872. The molecule has 3 aromatic rings. The summed E-state index contributed by atoms with van der Waals surface area (Å²) in [6.45, 7) is 5.88. The van der Waals surface area contributed by atoms with E-state index >= 15 is 0 Å². The van der Waals surface area contributed by atoms with Gasteiger partial charge in [0.25, 0.3) is 17.4 Å². The first-order valence-corrected chi connectivity index (χ1v) is 11.6. The Labute approximate surface area is 208 Å². The van der Waals surface area contributed by atoms with E-state index in [9.17, 15) is 24.8 Å². The number of anilines is 1. The Morgan fingerprint density at radius 3 is 2.33 bits per heavy atom. The Balaban J connectivity index is 1.85. The maximum Gasteiger partial charge on any atom is 0.295 e. The number of Topliss-reactive ketones (excluding diaryl/α,β-unsaturated/α-hetero) is 1. The Morgan fingerprint density at radius 1 is 1.06 bits per heavy atom. The molecule has 1 aliphatic rings. The fourth-order valence-electron chi connectivity index (χ4n) is 4.45. The van der Waals surface area contributed by atoms with Crippen molar-refractivity contribution in [3.63, 3.8) is 0 Å². The lowest BCUT2D eigenvalue weighted by Crippen LogP contribution is -2.29. The largest absolute Gasteiger partial charge is 0.507 e. The first-order chi connectivity index (χ1) is 17.3. The second kappa shape index (κ2) is 10.4. The van der Waals surface area contributed by atoms with Crippen LogP contribution in [0.1, 0.15) is 36.6 Å². The summed E-state index contributed by atoms with van der Waals surface area (Å²) in [4.78, 5) is 44.7. The maximum absolute atomic E-state index is 13.2. The number of nitro groups is 1. The lowest BCUT2D eigenvalue weighted by atomic mass is 9.94. The van der Waals surface area contributed by atoms with Crippen molar-refractivity contribution in [3.8, 4) is 0 Å². The number of hydrogen-bond acceptors (Lipinski definition) is 7. The molecule has 1 N–H and O–H groups in total. The predicted octanol–water partition coefficient (Wildman–Crippen LogP) is 4.46. The van der Waals surface area contributed by atoms with Crippen LogP contribution in [0.4, 0.5) is 11.4 Å². The van der Waals surface area contributed by atoms with E-state index in [1.54, 1.807) is 24.5 Å². The first kappa shape index (κ1) is 24.6. The quantitative estimate of drug-likeness (QED) is 0.164. The minimum absolute atomic E-state index is 0.0934. The lowest BCUT2D eigenvalue weighted by molar-refractivity contribution is -0.384. The second-order valence-electron chi connectivity index (χ2n) is 8.35. The molecular formula is C27H26N4O5. The number of ketones is 1. The number of non-ortho nitro benzene ring substituents is 1. The van der Waals surface area contributed by atoms with E-state index in [1.807, 2.05) is 24.3 Å². The van der Waals surface area contributed by atoms with Gasteiger partial charge in [-0.15, -0.1) is 0 Å². The van der Waals surface area contributed by atoms with E-state index in [2.05, 4.69) is 23.7 Å². The molecule has 2 aromatic carbocycles. The van der Waals surface area contributed by atoms with Gasteiger partial charge in [0.05, 0.1) is 16.5 Å². The van der Waals surface area contributed by atoms with Crippen LogP contribution in [0.3, 0.4) is 0 Å². The normalized spacial score (nSPS) is 16.8. The molecule has 184 valence electrons. The Kier molecular flexibility index (Phi) is 7.10. The number of carbonyl (C=O) groups excluding carboxylic acids is 2. The SMILES string of the molecule is CCN(CC)c1ccc(C2/C(=C(/O)c3cccc([N+](=O)[O-])c3)C(=O)C(=O)N2Cc2ccncc2)cc1. The van der Waals surface area contributed by atoms with E-state index in [4.69, 9.17) is 0 Å². The summed E-state index contributed by atoms with van der Waals surface area (Å²) in [7, 11) is 0. The topological polar surface area (TPSA) is 117 Å². The van der Waals surface area contributed by atoms with Gasteiger partial charge >= 0.3 is 0 Å². The number of pyridine rings is 1. The van der Waals surface area contributed by atoms with E-state index in [1.165, 1.54) is 29.2 Å². The van der Waals surface area contributed by atoms with E-state index in [-0.39, 0.29) is 23.4 Å². The number of aliphatic hydroxyl groups excluding tert-OH is 1. The maximum atomic E-state index is 13.2. The molecule has 2 heterocycles. The Bertz CT molecular complexity index is 1320. The fourth-order valence-corrected chi connectivity index (χ4v) is 4.45. The van der Waals surface area contributed by atoms with Crippen molar-refractivity contribution < 1.29 is 19.6 Å². The van der Waals surface area contributed by atoms with Gasteiger partial charge in [-0.25, -0.2) is 0 Å². The third-order valence-electron chi connectivity index (χ3n) is 6.31. The zero-order valence-electron chi connectivity index (χ0n) is 20.0. The molecule has 1 saturated heterocycles. The minimum Gasteiger partial charge on any atom is -0.507 e. The smallest absolute Gasteiger partial charge is 0.295 e. The summed E-state index contributed by atoms with van der Waals surface area (Å²) in [5.41, 5.74) is 2.16. The molecule has 1 aromatic heterocycles. The standard InChI is InChI=1S/C27H26N4O5/c1-3-29(4-2)21-10-8-19(9-11-21)24-23(25(32)20-6-5-7-22(16-20)31(35)36)26(33)27(34)30(24)17-18-12-14-28-15-13-18/h5-16,24,32H,3-4,17H2,1-2H3/b25-23-. The van der Waals surface area contributed by atoms with Gasteiger partial charge in [0.15, 0.2) is 0 Å². The second-order valence-corrected chi connectivity index (χ2v) is 8.35. The molecule has 9 heteroatoms. The number of likely N-dealkylation sites (tertiary alicyclic amines) is 1. The molecule has 1 fully saturated rings. The number of benzene rings is 2. The third-order valence-corrected chi connectivity index (χ3v) is 6.31. The molecule has 1 aliphatic heterocycles. The van der Waals surface area contributed by atoms with Crippen molar-refractivity contribution in [3.05, 3.63) is 105 Å². The van der Waals surface area contributed by atoms with Crippen molar-refractivity contribution in [1.82, 2.24) is 9.88 Å².